The zero-order chi connectivity index (χ0) is 12.4. The molecule has 0 aliphatic rings. The van der Waals surface area contributed by atoms with Gasteiger partial charge in [0, 0.05) is 24.2 Å². The molecule has 0 saturated carbocycles. The lowest BCUT2D eigenvalue weighted by atomic mass is 10.2. The predicted molar refractivity (Wildman–Crippen MR) is 73.3 cm³/mol. The number of hydrogen-bond acceptors (Lipinski definition) is 4. The molecule has 0 spiro atoms. The Kier molecular flexibility index (Phi) is 2.82. The highest BCUT2D eigenvalue weighted by Gasteiger charge is 2.08. The lowest BCUT2D eigenvalue weighted by Crippen LogP contribution is -2.04. The van der Waals surface area contributed by atoms with E-state index in [9.17, 15) is 0 Å². The molecule has 0 aliphatic heterocycles. The summed E-state index contributed by atoms with van der Waals surface area (Å²) in [6.45, 7) is 0.687. The molecule has 3 heterocycles. The van der Waals surface area contributed by atoms with E-state index < -0.39 is 0 Å². The van der Waals surface area contributed by atoms with Crippen molar-refractivity contribution in [1.29, 1.82) is 0 Å². The molecule has 18 heavy (non-hydrogen) atoms. The van der Waals surface area contributed by atoms with E-state index in [1.54, 1.807) is 17.5 Å². The van der Waals surface area contributed by atoms with Crippen LogP contribution in [-0.4, -0.2) is 14.5 Å². The Morgan fingerprint density at radius 1 is 1.17 bits per heavy atom. The fourth-order valence-corrected chi connectivity index (χ4v) is 2.57. The normalized spacial score (nSPS) is 10.7. The first-order valence-corrected chi connectivity index (χ1v) is 6.47. The van der Waals surface area contributed by atoms with Crippen LogP contribution in [0.3, 0.4) is 0 Å². The van der Waals surface area contributed by atoms with Crippen LogP contribution in [0.4, 0.5) is 5.82 Å². The number of nitrogen functional groups attached to an aromatic ring is 1. The summed E-state index contributed by atoms with van der Waals surface area (Å²) in [4.78, 5) is 9.65. The van der Waals surface area contributed by atoms with Gasteiger partial charge in [0.05, 0.1) is 11.4 Å². The van der Waals surface area contributed by atoms with Gasteiger partial charge in [-0.05, 0) is 17.5 Å². The second-order valence-corrected chi connectivity index (χ2v) is 4.85. The van der Waals surface area contributed by atoms with Gasteiger partial charge in [0.25, 0.3) is 0 Å². The second-order valence-electron chi connectivity index (χ2n) is 3.90. The molecule has 0 aliphatic carbocycles. The Labute approximate surface area is 109 Å². The quantitative estimate of drug-likeness (QED) is 0.783. The van der Waals surface area contributed by atoms with Gasteiger partial charge in [0.1, 0.15) is 11.6 Å². The first-order chi connectivity index (χ1) is 8.84. The zero-order valence-corrected chi connectivity index (χ0v) is 10.5. The van der Waals surface area contributed by atoms with E-state index in [0.717, 1.165) is 16.3 Å². The van der Waals surface area contributed by atoms with Crippen molar-refractivity contribution in [3.05, 3.63) is 53.8 Å². The van der Waals surface area contributed by atoms with E-state index in [0.29, 0.717) is 12.4 Å². The summed E-state index contributed by atoms with van der Waals surface area (Å²) >= 11 is 1.68. The van der Waals surface area contributed by atoms with Crippen LogP contribution in [0.2, 0.25) is 0 Å². The van der Waals surface area contributed by atoms with Crippen molar-refractivity contribution < 1.29 is 0 Å². The number of nitrogens with two attached hydrogens (primary N) is 1. The van der Waals surface area contributed by atoms with E-state index in [1.807, 2.05) is 36.0 Å². The van der Waals surface area contributed by atoms with E-state index in [2.05, 4.69) is 20.6 Å². The van der Waals surface area contributed by atoms with E-state index in [1.165, 1.54) is 0 Å². The topological polar surface area (TPSA) is 56.7 Å². The Morgan fingerprint density at radius 3 is 2.89 bits per heavy atom. The van der Waals surface area contributed by atoms with Crippen LogP contribution in [0, 0.1) is 0 Å². The standard InChI is InChI=1S/C13H12N4S/c14-12-10(3-1-5-15-12)9-17-7-6-16-13(17)11-4-2-8-18-11/h1-8H,9H2,(H2,14,15). The molecule has 3 aromatic heterocycles. The third-order valence-corrected chi connectivity index (χ3v) is 3.59. The second kappa shape index (κ2) is 4.62. The summed E-state index contributed by atoms with van der Waals surface area (Å²) in [5.41, 5.74) is 6.87. The summed E-state index contributed by atoms with van der Waals surface area (Å²) in [6.07, 6.45) is 5.47. The van der Waals surface area contributed by atoms with Gasteiger partial charge in [0.15, 0.2) is 0 Å². The highest BCUT2D eigenvalue weighted by Crippen LogP contribution is 2.24. The summed E-state index contributed by atoms with van der Waals surface area (Å²) in [5.74, 6) is 1.54. The van der Waals surface area contributed by atoms with Gasteiger partial charge in [-0.25, -0.2) is 9.97 Å². The van der Waals surface area contributed by atoms with Gasteiger partial charge in [0.2, 0.25) is 0 Å². The minimum absolute atomic E-state index is 0.573. The van der Waals surface area contributed by atoms with Gasteiger partial charge in [-0.15, -0.1) is 11.3 Å². The number of hydrogen-bond donors (Lipinski definition) is 1. The van der Waals surface area contributed by atoms with Gasteiger partial charge < -0.3 is 10.3 Å². The van der Waals surface area contributed by atoms with Crippen LogP contribution in [0.5, 0.6) is 0 Å². The first kappa shape index (κ1) is 11.0. The summed E-state index contributed by atoms with van der Waals surface area (Å²) < 4.78 is 2.08. The Hall–Kier alpha value is -2.14. The number of thiophene rings is 1. The number of imidazole rings is 1. The fourth-order valence-electron chi connectivity index (χ4n) is 1.84. The van der Waals surface area contributed by atoms with Crippen molar-refractivity contribution in [1.82, 2.24) is 14.5 Å². The molecule has 3 rings (SSSR count). The van der Waals surface area contributed by atoms with Crippen molar-refractivity contribution in [2.75, 3.05) is 5.73 Å². The molecule has 3 aromatic rings. The average molecular weight is 256 g/mol. The van der Waals surface area contributed by atoms with E-state index >= 15 is 0 Å². The lowest BCUT2D eigenvalue weighted by Gasteiger charge is -2.08. The fraction of sp³-hybridized carbons (Fsp3) is 0.0769. The number of pyridine rings is 1. The van der Waals surface area contributed by atoms with Crippen molar-refractivity contribution >= 4 is 17.2 Å². The van der Waals surface area contributed by atoms with Gasteiger partial charge >= 0.3 is 0 Å². The number of anilines is 1. The van der Waals surface area contributed by atoms with Crippen LogP contribution in [-0.2, 0) is 6.54 Å². The van der Waals surface area contributed by atoms with Gasteiger partial charge in [-0.2, -0.15) is 0 Å². The highest BCUT2D eigenvalue weighted by atomic mass is 32.1. The van der Waals surface area contributed by atoms with E-state index in [-0.39, 0.29) is 0 Å². The SMILES string of the molecule is Nc1ncccc1Cn1ccnc1-c1cccs1. The molecule has 0 bridgehead atoms. The zero-order valence-electron chi connectivity index (χ0n) is 9.65. The third-order valence-electron chi connectivity index (χ3n) is 2.72. The number of nitrogens with zero attached hydrogens (tertiary/aromatic N) is 3. The molecule has 0 fully saturated rings. The maximum absolute atomic E-state index is 5.86. The smallest absolute Gasteiger partial charge is 0.150 e. The number of aromatic nitrogens is 3. The summed E-state index contributed by atoms with van der Waals surface area (Å²) in [6, 6.07) is 7.97. The first-order valence-electron chi connectivity index (χ1n) is 5.59. The molecule has 0 amide bonds. The number of rotatable bonds is 3. The van der Waals surface area contributed by atoms with Crippen LogP contribution >= 0.6 is 11.3 Å². The monoisotopic (exact) mass is 256 g/mol. The Bertz CT molecular complexity index is 643. The largest absolute Gasteiger partial charge is 0.383 e. The molecular weight excluding hydrogens is 244 g/mol. The minimum atomic E-state index is 0.573. The van der Waals surface area contributed by atoms with Crippen LogP contribution in [0.1, 0.15) is 5.56 Å². The molecular formula is C13H12N4S. The van der Waals surface area contributed by atoms with Crippen molar-refractivity contribution in [3.63, 3.8) is 0 Å². The van der Waals surface area contributed by atoms with Crippen LogP contribution in [0.25, 0.3) is 10.7 Å². The molecule has 0 atom stereocenters. The van der Waals surface area contributed by atoms with Gasteiger partial charge in [-0.1, -0.05) is 12.1 Å². The molecule has 0 aromatic carbocycles. The highest BCUT2D eigenvalue weighted by molar-refractivity contribution is 7.13. The lowest BCUT2D eigenvalue weighted by molar-refractivity contribution is 0.807. The van der Waals surface area contributed by atoms with Crippen molar-refractivity contribution in [2.45, 2.75) is 6.54 Å². The van der Waals surface area contributed by atoms with Crippen LogP contribution < -0.4 is 5.73 Å². The molecule has 0 radical (unpaired) electrons. The maximum atomic E-state index is 5.86. The molecule has 5 heteroatoms. The Morgan fingerprint density at radius 2 is 2.11 bits per heavy atom. The van der Waals surface area contributed by atoms with Crippen molar-refractivity contribution in [2.24, 2.45) is 0 Å². The van der Waals surface area contributed by atoms with Crippen LogP contribution in [0.15, 0.2) is 48.2 Å². The molecule has 0 unspecified atom stereocenters. The predicted octanol–water partition coefficient (Wildman–Crippen LogP) is 2.64. The van der Waals surface area contributed by atoms with E-state index in [4.69, 9.17) is 5.73 Å². The molecule has 2 N–H and O–H groups in total. The molecule has 4 nitrogen and oxygen atoms in total. The maximum Gasteiger partial charge on any atom is 0.150 e. The summed E-state index contributed by atoms with van der Waals surface area (Å²) in [7, 11) is 0. The minimum Gasteiger partial charge on any atom is -0.383 e. The summed E-state index contributed by atoms with van der Waals surface area (Å²) in [5, 5.41) is 2.05. The van der Waals surface area contributed by atoms with Gasteiger partial charge in [-0.3, -0.25) is 0 Å². The molecule has 0 saturated heterocycles. The third kappa shape index (κ3) is 2.00. The molecule has 90 valence electrons. The van der Waals surface area contributed by atoms with Crippen molar-refractivity contribution in [3.8, 4) is 10.7 Å². The average Bonchev–Trinajstić information content (AvgIpc) is 3.02. The Balaban J connectivity index is 1.95.